The Kier molecular flexibility index (Phi) is 5.22. The predicted molar refractivity (Wildman–Crippen MR) is 75.8 cm³/mol. The Morgan fingerprint density at radius 2 is 2.05 bits per heavy atom. The zero-order chi connectivity index (χ0) is 13.8. The molecule has 4 atom stereocenters. The highest BCUT2D eigenvalue weighted by molar-refractivity contribution is 5.78. The van der Waals surface area contributed by atoms with Crippen LogP contribution in [-0.4, -0.2) is 47.7 Å². The molecular formula is C15H28N2O2. The molecule has 4 heteroatoms. The minimum absolute atomic E-state index is 0.125. The predicted octanol–water partition coefficient (Wildman–Crippen LogP) is 1.38. The van der Waals surface area contributed by atoms with Crippen molar-refractivity contribution in [3.8, 4) is 0 Å². The molecule has 0 aromatic rings. The maximum atomic E-state index is 12.1. The fourth-order valence-corrected chi connectivity index (χ4v) is 3.42. The number of nitrogens with zero attached hydrogens (tertiary/aromatic N) is 1. The van der Waals surface area contributed by atoms with E-state index in [0.29, 0.717) is 31.0 Å². The average Bonchev–Trinajstić information content (AvgIpc) is 2.35. The van der Waals surface area contributed by atoms with E-state index in [4.69, 9.17) is 0 Å². The first-order valence-corrected chi connectivity index (χ1v) is 7.76. The third kappa shape index (κ3) is 4.18. The van der Waals surface area contributed by atoms with Crippen LogP contribution in [0.5, 0.6) is 0 Å². The summed E-state index contributed by atoms with van der Waals surface area (Å²) in [6, 6.07) is 0.339. The number of hydrogen-bond acceptors (Lipinski definition) is 3. The third-order valence-electron chi connectivity index (χ3n) is 4.90. The molecule has 0 aromatic heterocycles. The van der Waals surface area contributed by atoms with Crippen molar-refractivity contribution in [1.29, 1.82) is 0 Å². The fourth-order valence-electron chi connectivity index (χ4n) is 3.42. The zero-order valence-electron chi connectivity index (χ0n) is 12.3. The first-order valence-electron chi connectivity index (χ1n) is 7.76. The monoisotopic (exact) mass is 268 g/mol. The summed E-state index contributed by atoms with van der Waals surface area (Å²) in [6.45, 7) is 6.54. The average molecular weight is 268 g/mol. The maximum Gasteiger partial charge on any atom is 0.234 e. The molecule has 0 radical (unpaired) electrons. The molecule has 4 nitrogen and oxygen atoms in total. The van der Waals surface area contributed by atoms with Crippen LogP contribution in [0.1, 0.15) is 46.0 Å². The number of amides is 1. The lowest BCUT2D eigenvalue weighted by molar-refractivity contribution is -0.124. The van der Waals surface area contributed by atoms with Crippen molar-refractivity contribution >= 4 is 5.91 Å². The van der Waals surface area contributed by atoms with Crippen LogP contribution in [0, 0.1) is 11.8 Å². The quantitative estimate of drug-likeness (QED) is 0.813. The van der Waals surface area contributed by atoms with Crippen LogP contribution < -0.4 is 5.32 Å². The summed E-state index contributed by atoms with van der Waals surface area (Å²) in [5, 5.41) is 12.8. The SMILES string of the molecule is CC1CCCC(NC(=O)CN2CCCC(O)C2)C1C. The first-order chi connectivity index (χ1) is 9.06. The summed E-state index contributed by atoms with van der Waals surface area (Å²) in [6.07, 6.45) is 5.22. The third-order valence-corrected chi connectivity index (χ3v) is 4.90. The van der Waals surface area contributed by atoms with Gasteiger partial charge in [0.05, 0.1) is 12.6 Å². The summed E-state index contributed by atoms with van der Waals surface area (Å²) in [4.78, 5) is 14.2. The van der Waals surface area contributed by atoms with Crippen molar-refractivity contribution in [3.63, 3.8) is 0 Å². The summed E-state index contributed by atoms with van der Waals surface area (Å²) < 4.78 is 0. The van der Waals surface area contributed by atoms with Crippen LogP contribution >= 0.6 is 0 Å². The molecule has 110 valence electrons. The molecule has 4 unspecified atom stereocenters. The zero-order valence-corrected chi connectivity index (χ0v) is 12.3. The Morgan fingerprint density at radius 1 is 1.26 bits per heavy atom. The van der Waals surface area contributed by atoms with Crippen molar-refractivity contribution < 1.29 is 9.90 Å². The van der Waals surface area contributed by atoms with Gasteiger partial charge in [0.2, 0.25) is 5.91 Å². The summed E-state index contributed by atoms with van der Waals surface area (Å²) in [5.74, 6) is 1.40. The van der Waals surface area contributed by atoms with Crippen molar-refractivity contribution in [1.82, 2.24) is 10.2 Å². The molecular weight excluding hydrogens is 240 g/mol. The van der Waals surface area contributed by atoms with Crippen LogP contribution in [0.15, 0.2) is 0 Å². The van der Waals surface area contributed by atoms with Gasteiger partial charge >= 0.3 is 0 Å². The second-order valence-corrected chi connectivity index (χ2v) is 6.47. The van der Waals surface area contributed by atoms with Gasteiger partial charge in [-0.2, -0.15) is 0 Å². The second-order valence-electron chi connectivity index (χ2n) is 6.47. The molecule has 0 spiro atoms. The number of aliphatic hydroxyl groups excluding tert-OH is 1. The lowest BCUT2D eigenvalue weighted by Crippen LogP contribution is -2.49. The summed E-state index contributed by atoms with van der Waals surface area (Å²) >= 11 is 0. The number of rotatable bonds is 3. The number of likely N-dealkylation sites (tertiary alicyclic amines) is 1. The van der Waals surface area contributed by atoms with Crippen molar-refractivity contribution in [2.24, 2.45) is 11.8 Å². The molecule has 1 saturated heterocycles. The molecule has 0 bridgehead atoms. The number of carbonyl (C=O) groups is 1. The van der Waals surface area contributed by atoms with E-state index < -0.39 is 0 Å². The highest BCUT2D eigenvalue weighted by Gasteiger charge is 2.28. The van der Waals surface area contributed by atoms with Gasteiger partial charge in [-0.15, -0.1) is 0 Å². The molecule has 2 rings (SSSR count). The van der Waals surface area contributed by atoms with Crippen molar-refractivity contribution in [3.05, 3.63) is 0 Å². The minimum atomic E-state index is -0.254. The minimum Gasteiger partial charge on any atom is -0.392 e. The van der Waals surface area contributed by atoms with Crippen LogP contribution in [0.2, 0.25) is 0 Å². The molecule has 19 heavy (non-hydrogen) atoms. The molecule has 2 fully saturated rings. The van der Waals surface area contributed by atoms with Gasteiger partial charge in [0.1, 0.15) is 0 Å². The number of β-amino-alcohol motifs (C(OH)–C–C–N with tert-alkyl or cyclic N) is 1. The van der Waals surface area contributed by atoms with Gasteiger partial charge in [0.25, 0.3) is 0 Å². The van der Waals surface area contributed by atoms with E-state index in [9.17, 15) is 9.90 Å². The molecule has 1 saturated carbocycles. The van der Waals surface area contributed by atoms with Crippen LogP contribution in [0.3, 0.4) is 0 Å². The Morgan fingerprint density at radius 3 is 2.79 bits per heavy atom. The molecule has 1 aliphatic carbocycles. The number of nitrogens with one attached hydrogen (secondary N) is 1. The van der Waals surface area contributed by atoms with E-state index in [2.05, 4.69) is 24.1 Å². The Hall–Kier alpha value is -0.610. The van der Waals surface area contributed by atoms with E-state index in [1.807, 2.05) is 0 Å². The fraction of sp³-hybridized carbons (Fsp3) is 0.933. The van der Waals surface area contributed by atoms with E-state index in [-0.39, 0.29) is 12.0 Å². The van der Waals surface area contributed by atoms with E-state index in [1.165, 1.54) is 12.8 Å². The van der Waals surface area contributed by atoms with Gasteiger partial charge in [-0.1, -0.05) is 26.7 Å². The number of carbonyl (C=O) groups excluding carboxylic acids is 1. The Balaban J connectivity index is 1.77. The molecule has 1 aliphatic heterocycles. The topological polar surface area (TPSA) is 52.6 Å². The molecule has 0 aromatic carbocycles. The van der Waals surface area contributed by atoms with Gasteiger partial charge in [0, 0.05) is 12.6 Å². The van der Waals surface area contributed by atoms with Gasteiger partial charge in [-0.25, -0.2) is 0 Å². The molecule has 1 amide bonds. The standard InChI is InChI=1S/C15H28N2O2/c1-11-5-3-7-14(12(11)2)16-15(19)10-17-8-4-6-13(18)9-17/h11-14,18H,3-10H2,1-2H3,(H,16,19). The van der Waals surface area contributed by atoms with Gasteiger partial charge in [-0.3, -0.25) is 9.69 Å². The van der Waals surface area contributed by atoms with E-state index in [0.717, 1.165) is 25.8 Å². The largest absolute Gasteiger partial charge is 0.392 e. The van der Waals surface area contributed by atoms with Gasteiger partial charge in [0.15, 0.2) is 0 Å². The smallest absolute Gasteiger partial charge is 0.234 e. The lowest BCUT2D eigenvalue weighted by Gasteiger charge is -2.35. The second kappa shape index (κ2) is 6.71. The number of aliphatic hydroxyl groups is 1. The van der Waals surface area contributed by atoms with Crippen LogP contribution in [0.4, 0.5) is 0 Å². The van der Waals surface area contributed by atoms with Crippen LogP contribution in [0.25, 0.3) is 0 Å². The van der Waals surface area contributed by atoms with E-state index >= 15 is 0 Å². The first kappa shape index (κ1) is 14.8. The Bertz CT molecular complexity index is 309. The van der Waals surface area contributed by atoms with Gasteiger partial charge in [-0.05, 0) is 37.6 Å². The normalized spacial score (nSPS) is 37.0. The Labute approximate surface area is 116 Å². The highest BCUT2D eigenvalue weighted by Crippen LogP contribution is 2.29. The molecule has 2 aliphatic rings. The van der Waals surface area contributed by atoms with E-state index in [1.54, 1.807) is 0 Å². The lowest BCUT2D eigenvalue weighted by atomic mass is 9.78. The van der Waals surface area contributed by atoms with Crippen molar-refractivity contribution in [2.45, 2.75) is 58.1 Å². The molecule has 2 N–H and O–H groups in total. The summed E-state index contributed by atoms with van der Waals surface area (Å²) in [7, 11) is 0. The van der Waals surface area contributed by atoms with Crippen molar-refractivity contribution in [2.75, 3.05) is 19.6 Å². The van der Waals surface area contributed by atoms with Gasteiger partial charge < -0.3 is 10.4 Å². The summed E-state index contributed by atoms with van der Waals surface area (Å²) in [5.41, 5.74) is 0. The maximum absolute atomic E-state index is 12.1. The van der Waals surface area contributed by atoms with Crippen LogP contribution in [-0.2, 0) is 4.79 Å². The number of piperidine rings is 1. The molecule has 1 heterocycles. The number of hydrogen-bond donors (Lipinski definition) is 2. The highest BCUT2D eigenvalue weighted by atomic mass is 16.3.